The summed E-state index contributed by atoms with van der Waals surface area (Å²) in [6, 6.07) is -0.693. The van der Waals surface area contributed by atoms with E-state index in [-0.39, 0.29) is 24.9 Å². The van der Waals surface area contributed by atoms with Crippen LogP contribution in [-0.2, 0) is 14.3 Å². The second-order valence-corrected chi connectivity index (χ2v) is 18.3. The molecule has 0 bridgehead atoms. The summed E-state index contributed by atoms with van der Waals surface area (Å²) in [5.74, 6) is -0.460. The molecule has 0 heterocycles. The third kappa shape index (κ3) is 43.1. The number of amides is 1. The van der Waals surface area contributed by atoms with Crippen molar-refractivity contribution in [2.75, 3.05) is 6.61 Å². The Morgan fingerprint density at radius 1 is 0.475 bits per heavy atom. The van der Waals surface area contributed by atoms with Gasteiger partial charge >= 0.3 is 5.97 Å². The Morgan fingerprint density at radius 2 is 0.814 bits per heavy atom. The van der Waals surface area contributed by atoms with E-state index in [9.17, 15) is 19.8 Å². The van der Waals surface area contributed by atoms with Gasteiger partial charge in [0.15, 0.2) is 0 Å². The molecule has 0 aliphatic rings. The van der Waals surface area contributed by atoms with E-state index >= 15 is 0 Å². The lowest BCUT2D eigenvalue weighted by Crippen LogP contribution is -2.46. The molecule has 3 N–H and O–H groups in total. The van der Waals surface area contributed by atoms with Crippen molar-refractivity contribution in [3.8, 4) is 0 Å². The van der Waals surface area contributed by atoms with Crippen LogP contribution in [-0.4, -0.2) is 46.9 Å². The van der Waals surface area contributed by atoms with E-state index in [1.807, 2.05) is 0 Å². The molecule has 0 radical (unpaired) electrons. The van der Waals surface area contributed by atoms with Crippen molar-refractivity contribution in [3.05, 3.63) is 12.2 Å². The number of nitrogens with one attached hydrogen (secondary N) is 1. The lowest BCUT2D eigenvalue weighted by atomic mass is 10.0. The van der Waals surface area contributed by atoms with E-state index in [1.54, 1.807) is 0 Å². The maximum atomic E-state index is 13.2. The van der Waals surface area contributed by atoms with Crippen molar-refractivity contribution >= 4 is 11.9 Å². The molecule has 0 saturated heterocycles. The zero-order valence-electron chi connectivity index (χ0n) is 39.9. The maximum absolute atomic E-state index is 13.2. The molecule has 3 atom stereocenters. The minimum absolute atomic E-state index is 0.0838. The number of rotatable bonds is 48. The lowest BCUT2D eigenvalue weighted by Gasteiger charge is -2.24. The van der Waals surface area contributed by atoms with Crippen LogP contribution >= 0.6 is 0 Å². The fourth-order valence-corrected chi connectivity index (χ4v) is 8.31. The predicted octanol–water partition coefficient (Wildman–Crippen LogP) is 15.7. The normalized spacial score (nSPS) is 13.2. The van der Waals surface area contributed by atoms with Gasteiger partial charge < -0.3 is 20.3 Å². The van der Waals surface area contributed by atoms with Crippen LogP contribution in [0.4, 0.5) is 0 Å². The van der Waals surface area contributed by atoms with Gasteiger partial charge in [-0.2, -0.15) is 0 Å². The zero-order valence-corrected chi connectivity index (χ0v) is 39.9. The summed E-state index contributed by atoms with van der Waals surface area (Å²) in [7, 11) is 0. The van der Waals surface area contributed by atoms with Gasteiger partial charge in [0.2, 0.25) is 5.91 Å². The summed E-state index contributed by atoms with van der Waals surface area (Å²) in [6.07, 6.45) is 52.8. The molecular formula is C53H103NO5. The molecule has 0 aromatic rings. The number of carbonyl (C=O) groups excluding carboxylic acids is 2. The largest absolute Gasteiger partial charge is 0.462 e. The van der Waals surface area contributed by atoms with E-state index in [4.69, 9.17) is 4.74 Å². The van der Waals surface area contributed by atoms with Gasteiger partial charge in [-0.15, -0.1) is 0 Å². The topological polar surface area (TPSA) is 95.9 Å². The number of unbranched alkanes of at least 4 members (excludes halogenated alkanes) is 34. The van der Waals surface area contributed by atoms with Gasteiger partial charge in [0.05, 0.1) is 25.2 Å². The molecule has 3 unspecified atom stereocenters. The Balaban J connectivity index is 4.43. The van der Waals surface area contributed by atoms with Crippen LogP contribution in [0.2, 0.25) is 0 Å². The third-order valence-corrected chi connectivity index (χ3v) is 12.3. The van der Waals surface area contributed by atoms with Gasteiger partial charge in [-0.25, -0.2) is 0 Å². The second-order valence-electron chi connectivity index (χ2n) is 18.3. The molecule has 0 aromatic carbocycles. The van der Waals surface area contributed by atoms with Crippen LogP contribution < -0.4 is 5.32 Å². The first-order valence-electron chi connectivity index (χ1n) is 26.4. The highest BCUT2D eigenvalue weighted by molar-refractivity contribution is 5.77. The van der Waals surface area contributed by atoms with Gasteiger partial charge in [0, 0.05) is 6.42 Å². The van der Waals surface area contributed by atoms with Crippen molar-refractivity contribution in [2.24, 2.45) is 0 Å². The van der Waals surface area contributed by atoms with Gasteiger partial charge in [0.25, 0.3) is 0 Å². The molecular weight excluding hydrogens is 731 g/mol. The number of allylic oxidation sites excluding steroid dienone is 2. The summed E-state index contributed by atoms with van der Waals surface area (Å²) < 4.78 is 5.94. The van der Waals surface area contributed by atoms with E-state index in [1.165, 1.54) is 199 Å². The Labute approximate surface area is 368 Å². The van der Waals surface area contributed by atoms with E-state index in [2.05, 4.69) is 38.2 Å². The van der Waals surface area contributed by atoms with E-state index in [0.29, 0.717) is 19.3 Å². The first kappa shape index (κ1) is 57.6. The molecule has 0 saturated carbocycles. The van der Waals surface area contributed by atoms with Crippen LogP contribution in [0, 0.1) is 0 Å². The standard InChI is InChI=1S/C53H103NO5/c1-4-7-10-13-16-19-22-23-24-25-26-27-28-29-31-34-37-40-43-46-53(58)59-49(44-41-38-35-32-30-20-17-14-11-8-5-2)47-52(57)54-50(48-55)51(56)45-42-39-36-33-21-18-15-12-9-6-3/h23-24,49-51,55-56H,4-22,25-48H2,1-3H3,(H,54,57)/b24-23+. The number of carbonyl (C=O) groups is 2. The molecule has 0 aliphatic heterocycles. The third-order valence-electron chi connectivity index (χ3n) is 12.3. The molecule has 6 nitrogen and oxygen atoms in total. The van der Waals surface area contributed by atoms with Crippen LogP contribution in [0.5, 0.6) is 0 Å². The van der Waals surface area contributed by atoms with Crippen LogP contribution in [0.3, 0.4) is 0 Å². The van der Waals surface area contributed by atoms with Gasteiger partial charge in [0.1, 0.15) is 6.10 Å². The minimum Gasteiger partial charge on any atom is -0.462 e. The maximum Gasteiger partial charge on any atom is 0.306 e. The highest BCUT2D eigenvalue weighted by Gasteiger charge is 2.24. The predicted molar refractivity (Wildman–Crippen MR) is 255 cm³/mol. The van der Waals surface area contributed by atoms with E-state index < -0.39 is 18.2 Å². The Morgan fingerprint density at radius 3 is 1.20 bits per heavy atom. The number of esters is 1. The molecule has 0 fully saturated rings. The number of hydrogen-bond acceptors (Lipinski definition) is 5. The molecule has 350 valence electrons. The SMILES string of the molecule is CCCCCCCC/C=C/CCCCCCCCCCCC(=O)OC(CCCCCCCCCCCCC)CC(=O)NC(CO)C(O)CCCCCCCCCCCC. The fraction of sp³-hybridized carbons (Fsp3) is 0.925. The monoisotopic (exact) mass is 834 g/mol. The summed E-state index contributed by atoms with van der Waals surface area (Å²) in [4.78, 5) is 26.1. The Hall–Kier alpha value is -1.40. The zero-order chi connectivity index (χ0) is 43.1. The molecule has 6 heteroatoms. The first-order valence-corrected chi connectivity index (χ1v) is 26.4. The van der Waals surface area contributed by atoms with Gasteiger partial charge in [-0.1, -0.05) is 238 Å². The molecule has 59 heavy (non-hydrogen) atoms. The van der Waals surface area contributed by atoms with Crippen molar-refractivity contribution in [2.45, 2.75) is 309 Å². The van der Waals surface area contributed by atoms with Crippen LogP contribution in [0.25, 0.3) is 0 Å². The van der Waals surface area contributed by atoms with Crippen LogP contribution in [0.1, 0.15) is 290 Å². The van der Waals surface area contributed by atoms with E-state index in [0.717, 1.165) is 44.9 Å². The fourth-order valence-electron chi connectivity index (χ4n) is 8.31. The number of ether oxygens (including phenoxy) is 1. The second kappa shape index (κ2) is 47.6. The van der Waals surface area contributed by atoms with Gasteiger partial charge in [-0.05, 0) is 51.4 Å². The summed E-state index contributed by atoms with van der Waals surface area (Å²) in [5, 5.41) is 23.7. The molecule has 0 spiro atoms. The number of aliphatic hydroxyl groups excluding tert-OH is 2. The summed E-state index contributed by atoms with van der Waals surface area (Å²) in [5.41, 5.74) is 0. The van der Waals surface area contributed by atoms with Crippen molar-refractivity contribution in [1.82, 2.24) is 5.32 Å². The Kier molecular flexibility index (Phi) is 46.5. The van der Waals surface area contributed by atoms with Crippen molar-refractivity contribution in [3.63, 3.8) is 0 Å². The summed E-state index contributed by atoms with van der Waals surface area (Å²) in [6.45, 7) is 6.48. The highest BCUT2D eigenvalue weighted by Crippen LogP contribution is 2.18. The lowest BCUT2D eigenvalue weighted by molar-refractivity contribution is -0.151. The van der Waals surface area contributed by atoms with Crippen molar-refractivity contribution in [1.29, 1.82) is 0 Å². The molecule has 0 aromatic heterocycles. The average Bonchev–Trinajstić information content (AvgIpc) is 3.23. The quantitative estimate of drug-likeness (QED) is 0.0322. The minimum atomic E-state index is -0.780. The molecule has 0 rings (SSSR count). The smallest absolute Gasteiger partial charge is 0.306 e. The average molecular weight is 834 g/mol. The highest BCUT2D eigenvalue weighted by atomic mass is 16.5. The first-order chi connectivity index (χ1) is 29.0. The molecule has 0 aliphatic carbocycles. The van der Waals surface area contributed by atoms with Crippen molar-refractivity contribution < 1.29 is 24.5 Å². The van der Waals surface area contributed by atoms with Gasteiger partial charge in [-0.3, -0.25) is 9.59 Å². The Bertz CT molecular complexity index is 893. The number of hydrogen-bond donors (Lipinski definition) is 3. The number of aliphatic hydroxyl groups is 2. The summed E-state index contributed by atoms with van der Waals surface area (Å²) >= 11 is 0. The van der Waals surface area contributed by atoms with Crippen LogP contribution in [0.15, 0.2) is 12.2 Å². The molecule has 1 amide bonds.